The molecule has 0 spiro atoms. The Bertz CT molecular complexity index is 1270. The van der Waals surface area contributed by atoms with Gasteiger partial charge >= 0.3 is 0 Å². The summed E-state index contributed by atoms with van der Waals surface area (Å²) >= 11 is 1.27. The van der Waals surface area contributed by atoms with Crippen LogP contribution in [0, 0.1) is 0 Å². The molecule has 0 atom stereocenters. The summed E-state index contributed by atoms with van der Waals surface area (Å²) in [6.45, 7) is 0. The summed E-state index contributed by atoms with van der Waals surface area (Å²) in [5.74, 6) is -1.32. The Hall–Kier alpha value is -3.03. The number of thiazole rings is 1. The second kappa shape index (κ2) is 8.14. The molecule has 5 nitrogen and oxygen atoms in total. The molecule has 4 aromatic rings. The van der Waals surface area contributed by atoms with Crippen LogP contribution in [0.3, 0.4) is 0 Å². The highest BCUT2D eigenvalue weighted by Gasteiger charge is 2.18. The highest BCUT2D eigenvalue weighted by molar-refractivity contribution is 7.91. The summed E-state index contributed by atoms with van der Waals surface area (Å²) < 4.78 is 24.5. The van der Waals surface area contributed by atoms with Gasteiger partial charge in [-0.05, 0) is 22.4 Å². The molecule has 1 N–H and O–H groups in total. The Morgan fingerprint density at radius 3 is 2.45 bits per heavy atom. The van der Waals surface area contributed by atoms with Crippen molar-refractivity contribution in [2.24, 2.45) is 0 Å². The van der Waals surface area contributed by atoms with E-state index in [4.69, 9.17) is 0 Å². The molecule has 7 heteroatoms. The SMILES string of the molecule is O=C(CS(=O)(=O)Cc1ccccc1)Nc1nc(-c2ccc3ccccc3c2)cs1. The molecular formula is C22H18N2O3S2. The van der Waals surface area contributed by atoms with Crippen molar-refractivity contribution in [3.8, 4) is 11.3 Å². The van der Waals surface area contributed by atoms with Crippen LogP contribution in [0.5, 0.6) is 0 Å². The Morgan fingerprint density at radius 1 is 0.931 bits per heavy atom. The highest BCUT2D eigenvalue weighted by atomic mass is 32.2. The maximum absolute atomic E-state index is 12.3. The predicted octanol–water partition coefficient (Wildman–Crippen LogP) is 4.52. The number of rotatable bonds is 6. The average Bonchev–Trinajstić information content (AvgIpc) is 3.15. The van der Waals surface area contributed by atoms with E-state index < -0.39 is 21.5 Å². The summed E-state index contributed by atoms with van der Waals surface area (Å²) in [6.07, 6.45) is 0. The number of sulfone groups is 1. The number of hydrogen-bond acceptors (Lipinski definition) is 5. The van der Waals surface area contributed by atoms with Gasteiger partial charge in [-0.2, -0.15) is 0 Å². The minimum Gasteiger partial charge on any atom is -0.301 e. The molecule has 0 aliphatic carbocycles. The van der Waals surface area contributed by atoms with Gasteiger partial charge in [0.05, 0.1) is 11.4 Å². The lowest BCUT2D eigenvalue weighted by atomic mass is 10.1. The van der Waals surface area contributed by atoms with Crippen molar-refractivity contribution in [1.82, 2.24) is 4.98 Å². The van der Waals surface area contributed by atoms with Crippen LogP contribution in [-0.2, 0) is 20.4 Å². The molecule has 1 aromatic heterocycles. The summed E-state index contributed by atoms with van der Waals surface area (Å²) in [6, 6.07) is 22.9. The first-order chi connectivity index (χ1) is 14.0. The molecule has 0 unspecified atom stereocenters. The molecule has 4 rings (SSSR count). The molecule has 0 aliphatic rings. The van der Waals surface area contributed by atoms with Crippen LogP contribution in [0.15, 0.2) is 78.2 Å². The third kappa shape index (κ3) is 4.88. The van der Waals surface area contributed by atoms with Crippen molar-refractivity contribution >= 4 is 43.0 Å². The quantitative estimate of drug-likeness (QED) is 0.496. The number of nitrogens with zero attached hydrogens (tertiary/aromatic N) is 1. The van der Waals surface area contributed by atoms with Crippen molar-refractivity contribution in [1.29, 1.82) is 0 Å². The van der Waals surface area contributed by atoms with E-state index in [0.29, 0.717) is 10.7 Å². The van der Waals surface area contributed by atoms with E-state index in [-0.39, 0.29) is 5.75 Å². The van der Waals surface area contributed by atoms with Gasteiger partial charge in [0, 0.05) is 10.9 Å². The fourth-order valence-corrected chi connectivity index (χ4v) is 5.06. The lowest BCUT2D eigenvalue weighted by Crippen LogP contribution is -2.23. The first-order valence-electron chi connectivity index (χ1n) is 8.97. The van der Waals surface area contributed by atoms with Crippen LogP contribution in [0.2, 0.25) is 0 Å². The lowest BCUT2D eigenvalue weighted by Gasteiger charge is -2.05. The fraction of sp³-hybridized carbons (Fsp3) is 0.0909. The van der Waals surface area contributed by atoms with E-state index in [1.807, 2.05) is 53.9 Å². The van der Waals surface area contributed by atoms with Crippen LogP contribution in [0.4, 0.5) is 5.13 Å². The third-order valence-electron chi connectivity index (χ3n) is 4.38. The standard InChI is InChI=1S/C22H18N2O3S2/c25-21(15-29(26,27)14-16-6-2-1-3-7-16)24-22-23-20(13-28-22)19-11-10-17-8-4-5-9-18(17)12-19/h1-13H,14-15H2,(H,23,24,25). The average molecular weight is 423 g/mol. The normalized spacial score (nSPS) is 11.4. The number of carbonyl (C=O) groups excluding carboxylic acids is 1. The third-order valence-corrected chi connectivity index (χ3v) is 6.61. The maximum atomic E-state index is 12.3. The first kappa shape index (κ1) is 19.3. The monoisotopic (exact) mass is 422 g/mol. The molecule has 0 saturated heterocycles. The molecule has 0 radical (unpaired) electrons. The lowest BCUT2D eigenvalue weighted by molar-refractivity contribution is -0.113. The molecular weight excluding hydrogens is 404 g/mol. The van der Waals surface area contributed by atoms with E-state index >= 15 is 0 Å². The van der Waals surface area contributed by atoms with Gasteiger partial charge < -0.3 is 5.32 Å². The zero-order valence-electron chi connectivity index (χ0n) is 15.4. The van der Waals surface area contributed by atoms with Crippen molar-refractivity contribution in [3.63, 3.8) is 0 Å². The largest absolute Gasteiger partial charge is 0.301 e. The van der Waals surface area contributed by atoms with Gasteiger partial charge in [-0.3, -0.25) is 4.79 Å². The van der Waals surface area contributed by atoms with Crippen LogP contribution in [0.25, 0.3) is 22.0 Å². The molecule has 0 saturated carbocycles. The predicted molar refractivity (Wildman–Crippen MR) is 118 cm³/mol. The molecule has 1 heterocycles. The van der Waals surface area contributed by atoms with Crippen molar-refractivity contribution in [2.45, 2.75) is 5.75 Å². The highest BCUT2D eigenvalue weighted by Crippen LogP contribution is 2.27. The van der Waals surface area contributed by atoms with Gasteiger partial charge in [0.2, 0.25) is 5.91 Å². The van der Waals surface area contributed by atoms with Crippen LogP contribution >= 0.6 is 11.3 Å². The number of amides is 1. The molecule has 3 aromatic carbocycles. The van der Waals surface area contributed by atoms with E-state index in [9.17, 15) is 13.2 Å². The van der Waals surface area contributed by atoms with Gasteiger partial charge in [0.1, 0.15) is 5.75 Å². The topological polar surface area (TPSA) is 76.1 Å². The molecule has 146 valence electrons. The van der Waals surface area contributed by atoms with Crippen molar-refractivity contribution < 1.29 is 13.2 Å². The number of carbonyl (C=O) groups is 1. The number of fused-ring (bicyclic) bond motifs is 1. The molecule has 1 amide bonds. The fourth-order valence-electron chi connectivity index (χ4n) is 3.05. The van der Waals surface area contributed by atoms with Crippen LogP contribution in [0.1, 0.15) is 5.56 Å². The number of aromatic nitrogens is 1. The number of benzene rings is 3. The minimum atomic E-state index is -3.56. The summed E-state index contributed by atoms with van der Waals surface area (Å²) in [7, 11) is -3.56. The maximum Gasteiger partial charge on any atom is 0.241 e. The summed E-state index contributed by atoms with van der Waals surface area (Å²) in [5.41, 5.74) is 2.34. The number of anilines is 1. The van der Waals surface area contributed by atoms with Gasteiger partial charge in [-0.15, -0.1) is 11.3 Å². The number of hydrogen-bond donors (Lipinski definition) is 1. The zero-order valence-corrected chi connectivity index (χ0v) is 17.0. The molecule has 29 heavy (non-hydrogen) atoms. The van der Waals surface area contributed by atoms with Gasteiger partial charge in [0.15, 0.2) is 15.0 Å². The molecule has 0 fully saturated rings. The second-order valence-corrected chi connectivity index (χ2v) is 9.59. The summed E-state index contributed by atoms with van der Waals surface area (Å²) in [5, 5.41) is 7.08. The van der Waals surface area contributed by atoms with Gasteiger partial charge in [-0.25, -0.2) is 13.4 Å². The molecule has 0 bridgehead atoms. The van der Waals surface area contributed by atoms with E-state index in [2.05, 4.69) is 10.3 Å². The smallest absolute Gasteiger partial charge is 0.241 e. The zero-order chi connectivity index (χ0) is 20.3. The van der Waals surface area contributed by atoms with Gasteiger partial charge in [-0.1, -0.05) is 66.7 Å². The Labute approximate surface area is 173 Å². The van der Waals surface area contributed by atoms with Crippen molar-refractivity contribution in [3.05, 3.63) is 83.7 Å². The van der Waals surface area contributed by atoms with Crippen molar-refractivity contribution in [2.75, 3.05) is 11.1 Å². The molecule has 0 aliphatic heterocycles. The van der Waals surface area contributed by atoms with Gasteiger partial charge in [0.25, 0.3) is 0 Å². The Kier molecular flexibility index (Phi) is 5.42. The second-order valence-electron chi connectivity index (χ2n) is 6.67. The van der Waals surface area contributed by atoms with E-state index in [0.717, 1.165) is 22.0 Å². The van der Waals surface area contributed by atoms with E-state index in [1.54, 1.807) is 24.3 Å². The minimum absolute atomic E-state index is 0.165. The Morgan fingerprint density at radius 2 is 1.66 bits per heavy atom. The summed E-state index contributed by atoms with van der Waals surface area (Å²) in [4.78, 5) is 16.6. The van der Waals surface area contributed by atoms with Crippen LogP contribution < -0.4 is 5.32 Å². The van der Waals surface area contributed by atoms with Crippen LogP contribution in [-0.4, -0.2) is 25.1 Å². The Balaban J connectivity index is 1.43. The number of nitrogens with one attached hydrogen (secondary N) is 1. The first-order valence-corrected chi connectivity index (χ1v) is 11.7. The van der Waals surface area contributed by atoms with E-state index in [1.165, 1.54) is 11.3 Å².